The van der Waals surface area contributed by atoms with Gasteiger partial charge in [-0.2, -0.15) is 0 Å². The van der Waals surface area contributed by atoms with Crippen molar-refractivity contribution in [1.82, 2.24) is 0 Å². The SMILES string of the molecule is CCC[CH2][Sn](/[CH]=C/CO[Si](c1ccccc1)(c1ccccc1)C(C)(C)C)([CH2]CCC)[CH2]CCC. The first kappa shape index (κ1) is 29.4. The van der Waals surface area contributed by atoms with Gasteiger partial charge in [0.1, 0.15) is 0 Å². The van der Waals surface area contributed by atoms with Gasteiger partial charge < -0.3 is 0 Å². The molecule has 34 heavy (non-hydrogen) atoms. The molecule has 0 aliphatic heterocycles. The summed E-state index contributed by atoms with van der Waals surface area (Å²) in [6.07, 6.45) is 10.7. The number of rotatable bonds is 15. The van der Waals surface area contributed by atoms with Gasteiger partial charge in [0.2, 0.25) is 0 Å². The van der Waals surface area contributed by atoms with Crippen LogP contribution in [0.1, 0.15) is 80.1 Å². The summed E-state index contributed by atoms with van der Waals surface area (Å²) in [4.78, 5) is 0. The molecule has 1 nitrogen and oxygen atoms in total. The van der Waals surface area contributed by atoms with Gasteiger partial charge >= 0.3 is 217 Å². The molecule has 0 N–H and O–H groups in total. The van der Waals surface area contributed by atoms with Gasteiger partial charge in [-0.25, -0.2) is 0 Å². The van der Waals surface area contributed by atoms with Gasteiger partial charge in [-0.3, -0.25) is 0 Å². The van der Waals surface area contributed by atoms with Crippen molar-refractivity contribution in [2.75, 3.05) is 6.61 Å². The van der Waals surface area contributed by atoms with Crippen LogP contribution in [-0.2, 0) is 4.43 Å². The van der Waals surface area contributed by atoms with Gasteiger partial charge in [0.25, 0.3) is 0 Å². The molecule has 0 heterocycles. The summed E-state index contributed by atoms with van der Waals surface area (Å²) >= 11 is -2.29. The van der Waals surface area contributed by atoms with E-state index in [9.17, 15) is 0 Å². The van der Waals surface area contributed by atoms with Crippen LogP contribution in [0.5, 0.6) is 0 Å². The van der Waals surface area contributed by atoms with Gasteiger partial charge in [0.15, 0.2) is 0 Å². The van der Waals surface area contributed by atoms with Crippen molar-refractivity contribution in [1.29, 1.82) is 0 Å². The monoisotopic (exact) mass is 586 g/mol. The molecule has 2 aromatic carbocycles. The van der Waals surface area contributed by atoms with Crippen LogP contribution >= 0.6 is 0 Å². The van der Waals surface area contributed by atoms with Crippen LogP contribution in [0.3, 0.4) is 0 Å². The Morgan fingerprint density at radius 3 is 1.47 bits per heavy atom. The molecule has 188 valence electrons. The van der Waals surface area contributed by atoms with E-state index in [1.807, 2.05) is 0 Å². The first-order valence-corrected chi connectivity index (χ1v) is 23.4. The quantitative estimate of drug-likeness (QED) is 0.191. The maximum absolute atomic E-state index is 7.16. The summed E-state index contributed by atoms with van der Waals surface area (Å²) in [5.41, 5.74) is 0. The maximum atomic E-state index is 7.16. The van der Waals surface area contributed by atoms with Crippen LogP contribution in [0.4, 0.5) is 0 Å². The van der Waals surface area contributed by atoms with Crippen LogP contribution in [0.25, 0.3) is 0 Å². The van der Waals surface area contributed by atoms with E-state index in [4.69, 9.17) is 4.43 Å². The van der Waals surface area contributed by atoms with Gasteiger partial charge in [-0.15, -0.1) is 0 Å². The molecule has 2 rings (SSSR count). The Labute approximate surface area is 216 Å². The molecule has 0 bridgehead atoms. The Morgan fingerprint density at radius 1 is 0.706 bits per heavy atom. The summed E-state index contributed by atoms with van der Waals surface area (Å²) in [6.45, 7) is 14.9. The third-order valence-electron chi connectivity index (χ3n) is 7.37. The fourth-order valence-electron chi connectivity index (χ4n) is 5.44. The average Bonchev–Trinajstić information content (AvgIpc) is 2.85. The van der Waals surface area contributed by atoms with Crippen LogP contribution in [0.15, 0.2) is 70.8 Å². The molecule has 0 radical (unpaired) electrons. The zero-order valence-corrected chi connectivity index (χ0v) is 26.8. The second-order valence-electron chi connectivity index (χ2n) is 11.0. The average molecular weight is 586 g/mol. The molecular formula is C31H50OSiSn. The minimum atomic E-state index is -2.45. The van der Waals surface area contributed by atoms with Crippen molar-refractivity contribution in [2.45, 2.75) is 98.4 Å². The van der Waals surface area contributed by atoms with Crippen molar-refractivity contribution < 1.29 is 4.43 Å². The van der Waals surface area contributed by atoms with E-state index in [2.05, 4.69) is 112 Å². The third kappa shape index (κ3) is 7.83. The Kier molecular flexibility index (Phi) is 12.7. The molecule has 2 aromatic rings. The molecular weight excluding hydrogens is 535 g/mol. The second-order valence-corrected chi connectivity index (χ2v) is 28.4. The molecule has 0 aromatic heterocycles. The molecule has 0 saturated heterocycles. The zero-order chi connectivity index (χ0) is 24.9. The number of hydrogen-bond donors (Lipinski definition) is 0. The predicted molar refractivity (Wildman–Crippen MR) is 158 cm³/mol. The van der Waals surface area contributed by atoms with Crippen molar-refractivity contribution in [2.24, 2.45) is 0 Å². The third-order valence-corrected chi connectivity index (χ3v) is 26.6. The minimum absolute atomic E-state index is 0.0382. The number of benzene rings is 2. The molecule has 0 fully saturated rings. The summed E-state index contributed by atoms with van der Waals surface area (Å²) in [5, 5.41) is 2.79. The van der Waals surface area contributed by atoms with Crippen LogP contribution in [0, 0.1) is 0 Å². The van der Waals surface area contributed by atoms with Crippen molar-refractivity contribution >= 4 is 37.1 Å². The Hall–Kier alpha value is -0.844. The topological polar surface area (TPSA) is 9.23 Å². The van der Waals surface area contributed by atoms with E-state index < -0.39 is 26.7 Å². The summed E-state index contributed by atoms with van der Waals surface area (Å²) in [7, 11) is -2.45. The molecule has 0 amide bonds. The van der Waals surface area contributed by atoms with Gasteiger partial charge in [-0.1, -0.05) is 0 Å². The standard InChI is InChI=1S/C19H23OSi.3C4H9.Sn/c1-5-16-20-21(19(2,3)4,17-12-8-6-9-13-17)18-14-10-7-11-15-18;3*1-3-4-2;/h1,5-15H,16H2,2-4H3;3*1,3-4H2,2H3;. The normalized spacial score (nSPS) is 13.0. The van der Waals surface area contributed by atoms with E-state index in [0.717, 1.165) is 6.61 Å². The number of unbranched alkanes of at least 4 members (excludes halogenated alkanes) is 3. The molecule has 3 heteroatoms. The van der Waals surface area contributed by atoms with Gasteiger partial charge in [0.05, 0.1) is 0 Å². The molecule has 0 aliphatic rings. The van der Waals surface area contributed by atoms with Crippen LogP contribution in [-0.4, -0.2) is 33.3 Å². The summed E-state index contributed by atoms with van der Waals surface area (Å²) in [6, 6.07) is 22.1. The molecule has 0 spiro atoms. The first-order valence-electron chi connectivity index (χ1n) is 13.8. The number of hydrogen-bond acceptors (Lipinski definition) is 1. The zero-order valence-electron chi connectivity index (χ0n) is 22.9. The Morgan fingerprint density at radius 2 is 1.12 bits per heavy atom. The van der Waals surface area contributed by atoms with Crippen molar-refractivity contribution in [3.8, 4) is 0 Å². The molecule has 0 saturated carbocycles. The Balaban J connectivity index is 2.40. The van der Waals surface area contributed by atoms with Crippen LogP contribution in [0.2, 0.25) is 18.3 Å². The van der Waals surface area contributed by atoms with E-state index in [0.29, 0.717) is 0 Å². The van der Waals surface area contributed by atoms with E-state index >= 15 is 0 Å². The van der Waals surface area contributed by atoms with E-state index in [1.54, 1.807) is 0 Å². The van der Waals surface area contributed by atoms with Crippen molar-refractivity contribution in [3.05, 3.63) is 70.8 Å². The molecule has 0 atom stereocenters. The Bertz CT molecular complexity index is 764. The molecule has 0 unspecified atom stereocenters. The first-order chi connectivity index (χ1) is 16.3. The second kappa shape index (κ2) is 14.7. The van der Waals surface area contributed by atoms with E-state index in [1.165, 1.54) is 62.2 Å². The molecule has 0 aliphatic carbocycles. The van der Waals surface area contributed by atoms with E-state index in [-0.39, 0.29) is 5.04 Å². The van der Waals surface area contributed by atoms with Crippen molar-refractivity contribution in [3.63, 3.8) is 0 Å². The van der Waals surface area contributed by atoms with Crippen LogP contribution < -0.4 is 10.4 Å². The van der Waals surface area contributed by atoms with Gasteiger partial charge in [0, 0.05) is 0 Å². The summed E-state index contributed by atoms with van der Waals surface area (Å²) < 4.78 is 14.5. The summed E-state index contributed by atoms with van der Waals surface area (Å²) in [5.74, 6) is 0. The predicted octanol–water partition coefficient (Wildman–Crippen LogP) is 8.51. The fraction of sp³-hybridized carbons (Fsp3) is 0.548. The fourth-order valence-corrected chi connectivity index (χ4v) is 24.3. The van der Waals surface area contributed by atoms with Gasteiger partial charge in [-0.05, 0) is 0 Å².